The van der Waals surface area contributed by atoms with Crippen LogP contribution in [-0.4, -0.2) is 43.8 Å². The van der Waals surface area contributed by atoms with E-state index in [1.165, 1.54) is 0 Å². The molecule has 0 bridgehead atoms. The molecule has 2 N–H and O–H groups in total. The highest BCUT2D eigenvalue weighted by Gasteiger charge is 2.36. The average Bonchev–Trinajstić information content (AvgIpc) is 3.51. The second-order valence-electron chi connectivity index (χ2n) is 8.10. The first-order valence-corrected chi connectivity index (χ1v) is 11.1. The van der Waals surface area contributed by atoms with Crippen molar-refractivity contribution in [2.75, 3.05) is 13.2 Å². The molecule has 7 nitrogen and oxygen atoms in total. The highest BCUT2D eigenvalue weighted by Crippen LogP contribution is 2.35. The van der Waals surface area contributed by atoms with Gasteiger partial charge in [0, 0.05) is 18.3 Å². The van der Waals surface area contributed by atoms with Crippen molar-refractivity contribution in [1.29, 1.82) is 0 Å². The minimum Gasteiger partial charge on any atom is -0.508 e. The minimum atomic E-state index is -0.565. The number of halogens is 1. The molecule has 3 heterocycles. The number of carbonyl (C=O) groups is 1. The van der Waals surface area contributed by atoms with Crippen LogP contribution in [-0.2, 0) is 16.0 Å². The van der Waals surface area contributed by atoms with Crippen molar-refractivity contribution in [3.63, 3.8) is 0 Å². The Labute approximate surface area is 196 Å². The summed E-state index contributed by atoms with van der Waals surface area (Å²) in [5.74, 6) is 0.146. The van der Waals surface area contributed by atoms with Crippen LogP contribution in [0.15, 0.2) is 66.9 Å². The van der Waals surface area contributed by atoms with E-state index in [-0.39, 0.29) is 18.3 Å². The number of amides is 1. The molecule has 33 heavy (non-hydrogen) atoms. The van der Waals surface area contributed by atoms with Gasteiger partial charge in [-0.2, -0.15) is 5.10 Å². The number of aromatic amines is 1. The lowest BCUT2D eigenvalue weighted by atomic mass is 10.1. The summed E-state index contributed by atoms with van der Waals surface area (Å²) in [6, 6.07) is 18.7. The summed E-state index contributed by atoms with van der Waals surface area (Å²) in [6.45, 7) is 2.53. The van der Waals surface area contributed by atoms with Gasteiger partial charge < -0.3 is 19.7 Å². The van der Waals surface area contributed by atoms with Gasteiger partial charge in [0.05, 0.1) is 11.4 Å². The topological polar surface area (TPSA) is 83.4 Å². The average molecular weight is 463 g/mol. The number of phenolic OH excluding ortho intramolecular Hbond substituents is 1. The molecule has 5 rings (SSSR count). The first kappa shape index (κ1) is 21.3. The highest BCUT2D eigenvalue weighted by atomic mass is 35.5. The molecule has 1 aliphatic heterocycles. The zero-order valence-electron chi connectivity index (χ0n) is 18.0. The highest BCUT2D eigenvalue weighted by molar-refractivity contribution is 6.29. The number of aromatic hydroxyl groups is 1. The normalized spacial score (nSPS) is 16.0. The van der Waals surface area contributed by atoms with E-state index in [4.69, 9.17) is 21.4 Å². The van der Waals surface area contributed by atoms with Crippen molar-refractivity contribution in [2.24, 2.45) is 0 Å². The number of carbonyl (C=O) groups excluding carboxylic acids is 1. The number of hydrogen-bond donors (Lipinski definition) is 2. The lowest BCUT2D eigenvalue weighted by Gasteiger charge is -2.23. The lowest BCUT2D eigenvalue weighted by Crippen LogP contribution is -2.30. The van der Waals surface area contributed by atoms with Gasteiger partial charge in [0.25, 0.3) is 5.91 Å². The molecular formula is C25H23ClN4O3. The standard InChI is InChI=1S/C25H23ClN4O3/c1-16-3-2-4-18(13-16)30-14-20(24(28-30)21-9-10-22(26)27-21)25-29(23(32)15-33-25)12-11-17-5-7-19(31)8-6-17/h2-10,13-14,25,27,31H,11-12,15H2,1H3/t25-/m1/s1. The maximum Gasteiger partial charge on any atom is 0.250 e. The van der Waals surface area contributed by atoms with Crippen molar-refractivity contribution in [3.8, 4) is 22.8 Å². The molecule has 0 unspecified atom stereocenters. The third kappa shape index (κ3) is 4.37. The molecule has 1 fully saturated rings. The van der Waals surface area contributed by atoms with Gasteiger partial charge in [-0.15, -0.1) is 0 Å². The van der Waals surface area contributed by atoms with Crippen molar-refractivity contribution in [2.45, 2.75) is 19.6 Å². The number of nitrogens with zero attached hydrogens (tertiary/aromatic N) is 3. The van der Waals surface area contributed by atoms with Crippen LogP contribution in [0.2, 0.25) is 5.15 Å². The molecule has 1 atom stereocenters. The molecule has 2 aromatic heterocycles. The number of rotatable bonds is 6. The Morgan fingerprint density at radius 1 is 1.18 bits per heavy atom. The number of H-pyrrole nitrogens is 1. The number of hydrogen-bond acceptors (Lipinski definition) is 4. The Morgan fingerprint density at radius 2 is 2.00 bits per heavy atom. The zero-order valence-corrected chi connectivity index (χ0v) is 18.8. The lowest BCUT2D eigenvalue weighted by molar-refractivity contribution is -0.128. The van der Waals surface area contributed by atoms with E-state index < -0.39 is 6.23 Å². The third-order valence-corrected chi connectivity index (χ3v) is 5.95. The second-order valence-corrected chi connectivity index (χ2v) is 8.51. The number of benzene rings is 2. The van der Waals surface area contributed by atoms with Crippen molar-refractivity contribution in [1.82, 2.24) is 19.7 Å². The van der Waals surface area contributed by atoms with Crippen molar-refractivity contribution in [3.05, 3.63) is 88.7 Å². The van der Waals surface area contributed by atoms with Gasteiger partial charge in [-0.3, -0.25) is 4.79 Å². The van der Waals surface area contributed by atoms with Crippen LogP contribution in [0.3, 0.4) is 0 Å². The van der Waals surface area contributed by atoms with Crippen LogP contribution in [0, 0.1) is 6.92 Å². The van der Waals surface area contributed by atoms with E-state index in [0.29, 0.717) is 23.8 Å². The summed E-state index contributed by atoms with van der Waals surface area (Å²) in [4.78, 5) is 17.6. The number of ether oxygens (including phenoxy) is 1. The molecule has 0 radical (unpaired) electrons. The Kier molecular flexibility index (Phi) is 5.66. The maximum atomic E-state index is 12.7. The van der Waals surface area contributed by atoms with Crippen LogP contribution in [0.1, 0.15) is 22.9 Å². The molecule has 4 aromatic rings. The summed E-state index contributed by atoms with van der Waals surface area (Å²) in [7, 11) is 0. The zero-order chi connectivity index (χ0) is 22.9. The largest absolute Gasteiger partial charge is 0.508 e. The van der Waals surface area contributed by atoms with Gasteiger partial charge >= 0.3 is 0 Å². The van der Waals surface area contributed by atoms with Crippen molar-refractivity contribution >= 4 is 17.5 Å². The van der Waals surface area contributed by atoms with E-state index >= 15 is 0 Å². The predicted octanol–water partition coefficient (Wildman–Crippen LogP) is 4.63. The maximum absolute atomic E-state index is 12.7. The van der Waals surface area contributed by atoms with Crippen LogP contribution < -0.4 is 0 Å². The van der Waals surface area contributed by atoms with Gasteiger partial charge in [0.1, 0.15) is 23.2 Å². The summed E-state index contributed by atoms with van der Waals surface area (Å²) < 4.78 is 7.75. The minimum absolute atomic E-state index is 0.0147. The fraction of sp³-hybridized carbons (Fsp3) is 0.200. The van der Waals surface area contributed by atoms with Gasteiger partial charge in [-0.1, -0.05) is 35.9 Å². The monoisotopic (exact) mass is 462 g/mol. The van der Waals surface area contributed by atoms with Crippen molar-refractivity contribution < 1.29 is 14.6 Å². The molecule has 0 saturated carbocycles. The quantitative estimate of drug-likeness (QED) is 0.437. The van der Waals surface area contributed by atoms with E-state index in [1.807, 2.05) is 55.6 Å². The number of phenols is 1. The van der Waals surface area contributed by atoms with Gasteiger partial charge in [0.15, 0.2) is 6.23 Å². The molecule has 1 aliphatic rings. The fourth-order valence-corrected chi connectivity index (χ4v) is 4.22. The SMILES string of the molecule is Cc1cccc(-n2cc([C@H]3OCC(=O)N3CCc3ccc(O)cc3)c(-c3ccc(Cl)[nH]3)n2)c1. The first-order chi connectivity index (χ1) is 16.0. The van der Waals surface area contributed by atoms with E-state index in [1.54, 1.807) is 27.8 Å². The van der Waals surface area contributed by atoms with E-state index in [0.717, 1.165) is 28.1 Å². The summed E-state index contributed by atoms with van der Waals surface area (Å²) >= 11 is 6.14. The molecular weight excluding hydrogens is 440 g/mol. The van der Waals surface area contributed by atoms with Crippen LogP contribution in [0.4, 0.5) is 0 Å². The molecule has 0 aliphatic carbocycles. The Balaban J connectivity index is 1.50. The Bertz CT molecular complexity index is 1300. The van der Waals surface area contributed by atoms with E-state index in [9.17, 15) is 9.90 Å². The van der Waals surface area contributed by atoms with E-state index in [2.05, 4.69) is 4.98 Å². The predicted molar refractivity (Wildman–Crippen MR) is 125 cm³/mol. The van der Waals surface area contributed by atoms with Crippen LogP contribution in [0.5, 0.6) is 5.75 Å². The first-order valence-electron chi connectivity index (χ1n) is 10.7. The summed E-state index contributed by atoms with van der Waals surface area (Å²) in [5.41, 5.74) is 5.28. The van der Waals surface area contributed by atoms with Gasteiger partial charge in [0.2, 0.25) is 0 Å². The van der Waals surface area contributed by atoms with Gasteiger partial charge in [-0.05, 0) is 60.9 Å². The Morgan fingerprint density at radius 3 is 2.73 bits per heavy atom. The molecule has 2 aromatic carbocycles. The van der Waals surface area contributed by atoms with Crippen LogP contribution in [0.25, 0.3) is 17.1 Å². The summed E-state index contributed by atoms with van der Waals surface area (Å²) in [5, 5.41) is 14.8. The van der Waals surface area contributed by atoms with Gasteiger partial charge in [-0.25, -0.2) is 4.68 Å². The molecule has 168 valence electrons. The third-order valence-electron chi connectivity index (χ3n) is 5.73. The van der Waals surface area contributed by atoms with Crippen LogP contribution >= 0.6 is 11.6 Å². The second kappa shape index (κ2) is 8.77. The smallest absolute Gasteiger partial charge is 0.250 e. The molecule has 1 amide bonds. The fourth-order valence-electron chi connectivity index (χ4n) is 4.05. The molecule has 8 heteroatoms. The number of aromatic nitrogens is 3. The molecule has 0 spiro atoms. The Hall–Kier alpha value is -3.55. The summed E-state index contributed by atoms with van der Waals surface area (Å²) in [6.07, 6.45) is 1.99. The molecule has 1 saturated heterocycles. The number of nitrogens with one attached hydrogen (secondary N) is 1. The number of aryl methyl sites for hydroxylation is 1.